The molecule has 1 saturated carbocycles. The number of carbonyl (C=O) groups excluding carboxylic acids is 3. The Labute approximate surface area is 150 Å². The molecule has 1 aliphatic heterocycles. The Bertz CT molecular complexity index is 752. The first kappa shape index (κ1) is 18.0. The number of benzene rings is 1. The predicted molar refractivity (Wildman–Crippen MR) is 93.2 cm³/mol. The Kier molecular flexibility index (Phi) is 5.01. The van der Waals surface area contributed by atoms with Gasteiger partial charge in [0.25, 0.3) is 5.69 Å². The van der Waals surface area contributed by atoms with E-state index < -0.39 is 4.92 Å². The van der Waals surface area contributed by atoms with Gasteiger partial charge in [-0.15, -0.1) is 0 Å². The Morgan fingerprint density at radius 3 is 2.38 bits per heavy atom. The summed E-state index contributed by atoms with van der Waals surface area (Å²) in [5, 5.41) is 13.4. The first-order valence-electron chi connectivity index (χ1n) is 8.78. The van der Waals surface area contributed by atoms with Crippen molar-refractivity contribution < 1.29 is 19.3 Å². The zero-order valence-corrected chi connectivity index (χ0v) is 14.6. The lowest BCUT2D eigenvalue weighted by Gasteiger charge is -2.19. The van der Waals surface area contributed by atoms with Gasteiger partial charge in [-0.3, -0.25) is 29.4 Å². The zero-order chi connectivity index (χ0) is 18.8. The third-order valence-corrected chi connectivity index (χ3v) is 5.19. The number of fused-ring (bicyclic) bond motifs is 1. The highest BCUT2D eigenvalue weighted by atomic mass is 16.6. The van der Waals surface area contributed by atoms with Crippen LogP contribution in [0.25, 0.3) is 0 Å². The van der Waals surface area contributed by atoms with Crippen LogP contribution >= 0.6 is 0 Å². The second kappa shape index (κ2) is 7.23. The molecule has 8 heteroatoms. The van der Waals surface area contributed by atoms with E-state index in [1.54, 1.807) is 6.92 Å². The second-order valence-corrected chi connectivity index (χ2v) is 6.88. The van der Waals surface area contributed by atoms with Crippen molar-refractivity contribution in [1.29, 1.82) is 0 Å². The SMILES string of the molecule is Cc1cc([N+](=O)[O-])ccc1NC(=O)CCN1C(=O)[C@H]2CCCC[C@H]2C1=O. The number of hydrogen-bond acceptors (Lipinski definition) is 5. The summed E-state index contributed by atoms with van der Waals surface area (Å²) >= 11 is 0. The van der Waals surface area contributed by atoms with Gasteiger partial charge in [-0.25, -0.2) is 0 Å². The molecule has 8 nitrogen and oxygen atoms in total. The van der Waals surface area contributed by atoms with Crippen LogP contribution in [-0.4, -0.2) is 34.1 Å². The van der Waals surface area contributed by atoms with Crippen molar-refractivity contribution in [2.75, 3.05) is 11.9 Å². The fourth-order valence-corrected chi connectivity index (χ4v) is 3.78. The van der Waals surface area contributed by atoms with E-state index in [0.717, 1.165) is 25.7 Å². The lowest BCUT2D eigenvalue weighted by atomic mass is 9.81. The van der Waals surface area contributed by atoms with Gasteiger partial charge in [0.2, 0.25) is 17.7 Å². The fourth-order valence-electron chi connectivity index (χ4n) is 3.78. The summed E-state index contributed by atoms with van der Waals surface area (Å²) in [6, 6.07) is 4.18. The normalized spacial score (nSPS) is 22.3. The molecule has 3 rings (SSSR count). The number of nitro groups is 1. The maximum atomic E-state index is 12.4. The van der Waals surface area contributed by atoms with Crippen LogP contribution in [0.5, 0.6) is 0 Å². The summed E-state index contributed by atoms with van der Waals surface area (Å²) < 4.78 is 0. The Morgan fingerprint density at radius 1 is 1.23 bits per heavy atom. The van der Waals surface area contributed by atoms with E-state index in [0.29, 0.717) is 11.3 Å². The third kappa shape index (κ3) is 3.44. The number of nitrogens with zero attached hydrogens (tertiary/aromatic N) is 2. The minimum absolute atomic E-state index is 0.00729. The van der Waals surface area contributed by atoms with E-state index in [1.165, 1.54) is 23.1 Å². The van der Waals surface area contributed by atoms with E-state index in [-0.39, 0.29) is 48.2 Å². The summed E-state index contributed by atoms with van der Waals surface area (Å²) in [5.74, 6) is -1.07. The van der Waals surface area contributed by atoms with Gasteiger partial charge in [-0.05, 0) is 31.4 Å². The monoisotopic (exact) mass is 359 g/mol. The number of amides is 3. The molecule has 0 spiro atoms. The minimum Gasteiger partial charge on any atom is -0.326 e. The molecule has 138 valence electrons. The summed E-state index contributed by atoms with van der Waals surface area (Å²) in [6.07, 6.45) is 3.44. The van der Waals surface area contributed by atoms with Gasteiger partial charge in [-0.2, -0.15) is 0 Å². The molecule has 2 atom stereocenters. The number of aryl methyl sites for hydroxylation is 1. The van der Waals surface area contributed by atoms with Gasteiger partial charge in [-0.1, -0.05) is 12.8 Å². The highest BCUT2D eigenvalue weighted by molar-refractivity contribution is 6.05. The van der Waals surface area contributed by atoms with Crippen LogP contribution in [0.4, 0.5) is 11.4 Å². The van der Waals surface area contributed by atoms with Gasteiger partial charge in [0, 0.05) is 30.8 Å². The number of nitro benzene ring substituents is 1. The molecule has 0 unspecified atom stereocenters. The van der Waals surface area contributed by atoms with Crippen LogP contribution in [0.2, 0.25) is 0 Å². The molecule has 0 bridgehead atoms. The topological polar surface area (TPSA) is 110 Å². The first-order valence-corrected chi connectivity index (χ1v) is 8.78. The second-order valence-electron chi connectivity index (χ2n) is 6.88. The van der Waals surface area contributed by atoms with E-state index >= 15 is 0 Å². The molecule has 1 N–H and O–H groups in total. The highest BCUT2D eigenvalue weighted by Gasteiger charge is 2.47. The van der Waals surface area contributed by atoms with Crippen molar-refractivity contribution in [1.82, 2.24) is 4.90 Å². The quantitative estimate of drug-likeness (QED) is 0.493. The standard InChI is InChI=1S/C18H21N3O5/c1-11-10-12(21(25)26)6-7-15(11)19-16(22)8-9-20-17(23)13-4-2-3-5-14(13)18(20)24/h6-7,10,13-14H,2-5,8-9H2,1H3,(H,19,22)/t13-,14+. The fraction of sp³-hybridized carbons (Fsp3) is 0.500. The molecular weight excluding hydrogens is 338 g/mol. The van der Waals surface area contributed by atoms with Crippen molar-refractivity contribution in [3.8, 4) is 0 Å². The molecular formula is C18H21N3O5. The number of anilines is 1. The van der Waals surface area contributed by atoms with Crippen molar-refractivity contribution in [2.45, 2.75) is 39.0 Å². The molecule has 2 fully saturated rings. The van der Waals surface area contributed by atoms with Crippen LogP contribution in [0, 0.1) is 28.9 Å². The lowest BCUT2D eigenvalue weighted by Crippen LogP contribution is -2.34. The summed E-state index contributed by atoms with van der Waals surface area (Å²) in [6.45, 7) is 1.74. The molecule has 1 saturated heterocycles. The number of carbonyl (C=O) groups is 3. The highest BCUT2D eigenvalue weighted by Crippen LogP contribution is 2.38. The van der Waals surface area contributed by atoms with Crippen LogP contribution in [0.1, 0.15) is 37.7 Å². The minimum atomic E-state index is -0.497. The van der Waals surface area contributed by atoms with E-state index in [4.69, 9.17) is 0 Å². The maximum absolute atomic E-state index is 12.4. The summed E-state index contributed by atoms with van der Waals surface area (Å²) in [5.41, 5.74) is 1.01. The number of imide groups is 1. The molecule has 26 heavy (non-hydrogen) atoms. The van der Waals surface area contributed by atoms with Crippen LogP contribution in [0.15, 0.2) is 18.2 Å². The van der Waals surface area contributed by atoms with Crippen LogP contribution in [0.3, 0.4) is 0 Å². The Morgan fingerprint density at radius 2 is 1.85 bits per heavy atom. The van der Waals surface area contributed by atoms with Gasteiger partial charge in [0.1, 0.15) is 0 Å². The van der Waals surface area contributed by atoms with Crippen LogP contribution in [-0.2, 0) is 14.4 Å². The Balaban J connectivity index is 1.58. The smallest absolute Gasteiger partial charge is 0.269 e. The van der Waals surface area contributed by atoms with E-state index in [9.17, 15) is 24.5 Å². The third-order valence-electron chi connectivity index (χ3n) is 5.19. The van der Waals surface area contributed by atoms with Crippen molar-refractivity contribution in [3.05, 3.63) is 33.9 Å². The van der Waals surface area contributed by atoms with Gasteiger partial charge < -0.3 is 5.32 Å². The number of rotatable bonds is 5. The number of hydrogen-bond donors (Lipinski definition) is 1. The molecule has 1 aromatic rings. The van der Waals surface area contributed by atoms with Gasteiger partial charge in [0.05, 0.1) is 16.8 Å². The summed E-state index contributed by atoms with van der Waals surface area (Å²) in [4.78, 5) is 48.4. The Hall–Kier alpha value is -2.77. The zero-order valence-electron chi connectivity index (χ0n) is 14.6. The number of nitrogens with one attached hydrogen (secondary N) is 1. The summed E-state index contributed by atoms with van der Waals surface area (Å²) in [7, 11) is 0. The first-order chi connectivity index (χ1) is 12.4. The molecule has 1 aliphatic carbocycles. The van der Waals surface area contributed by atoms with E-state index in [1.807, 2.05) is 0 Å². The molecule has 1 aromatic carbocycles. The number of non-ortho nitro benzene ring substituents is 1. The van der Waals surface area contributed by atoms with Crippen molar-refractivity contribution in [3.63, 3.8) is 0 Å². The van der Waals surface area contributed by atoms with Crippen molar-refractivity contribution in [2.24, 2.45) is 11.8 Å². The average Bonchev–Trinajstić information content (AvgIpc) is 2.86. The van der Waals surface area contributed by atoms with Crippen molar-refractivity contribution >= 4 is 29.1 Å². The van der Waals surface area contributed by atoms with Gasteiger partial charge >= 0.3 is 0 Å². The molecule has 0 radical (unpaired) electrons. The average molecular weight is 359 g/mol. The molecule has 3 amide bonds. The predicted octanol–water partition coefficient (Wildman–Crippen LogP) is 2.41. The van der Waals surface area contributed by atoms with Gasteiger partial charge in [0.15, 0.2) is 0 Å². The molecule has 0 aromatic heterocycles. The largest absolute Gasteiger partial charge is 0.326 e. The molecule has 1 heterocycles. The van der Waals surface area contributed by atoms with Crippen LogP contribution < -0.4 is 5.32 Å². The number of likely N-dealkylation sites (tertiary alicyclic amines) is 1. The maximum Gasteiger partial charge on any atom is 0.269 e. The van der Waals surface area contributed by atoms with E-state index in [2.05, 4.69) is 5.32 Å². The lowest BCUT2D eigenvalue weighted by molar-refractivity contribution is -0.384. The molecule has 2 aliphatic rings.